The Morgan fingerprint density at radius 3 is 2.87 bits per heavy atom. The molecule has 0 aromatic heterocycles. The van der Waals surface area contributed by atoms with E-state index in [1.165, 1.54) is 17.2 Å². The van der Waals surface area contributed by atoms with Gasteiger partial charge in [-0.2, -0.15) is 0 Å². The van der Waals surface area contributed by atoms with Crippen molar-refractivity contribution < 1.29 is 9.13 Å². The van der Waals surface area contributed by atoms with Crippen LogP contribution in [0, 0.1) is 11.7 Å². The SMILES string of the molecule is [N-]=[N+]=NCC1CO[C@@H]2c3cc(F)ccc3Cc3ccccc3[C@@H]12. The van der Waals surface area contributed by atoms with Gasteiger partial charge in [-0.05, 0) is 52.3 Å². The number of benzene rings is 2. The molecule has 4 nitrogen and oxygen atoms in total. The van der Waals surface area contributed by atoms with Gasteiger partial charge in [0.05, 0.1) is 12.7 Å². The Kier molecular flexibility index (Phi) is 3.52. The average Bonchev–Trinajstić information content (AvgIpc) is 2.92. The third kappa shape index (κ3) is 2.38. The number of rotatable bonds is 2. The first kappa shape index (κ1) is 14.2. The summed E-state index contributed by atoms with van der Waals surface area (Å²) in [5.41, 5.74) is 13.1. The number of hydrogen-bond donors (Lipinski definition) is 0. The monoisotopic (exact) mass is 309 g/mol. The molecule has 0 amide bonds. The zero-order valence-corrected chi connectivity index (χ0v) is 12.5. The smallest absolute Gasteiger partial charge is 0.123 e. The van der Waals surface area contributed by atoms with Crippen LogP contribution in [0.4, 0.5) is 4.39 Å². The van der Waals surface area contributed by atoms with Crippen molar-refractivity contribution in [3.05, 3.63) is 81.0 Å². The summed E-state index contributed by atoms with van der Waals surface area (Å²) in [4.78, 5) is 2.88. The number of halogens is 1. The van der Waals surface area contributed by atoms with Crippen LogP contribution in [0.15, 0.2) is 47.6 Å². The van der Waals surface area contributed by atoms with Gasteiger partial charge in [-0.25, -0.2) is 4.39 Å². The summed E-state index contributed by atoms with van der Waals surface area (Å²) in [7, 11) is 0. The Balaban J connectivity index is 1.87. The molecular formula is C18H16FN3O. The van der Waals surface area contributed by atoms with Gasteiger partial charge in [-0.3, -0.25) is 0 Å². The van der Waals surface area contributed by atoms with Crippen molar-refractivity contribution in [3.8, 4) is 0 Å². The zero-order valence-electron chi connectivity index (χ0n) is 12.5. The van der Waals surface area contributed by atoms with E-state index in [0.29, 0.717) is 13.2 Å². The predicted octanol–water partition coefficient (Wildman–Crippen LogP) is 4.51. The van der Waals surface area contributed by atoms with Gasteiger partial charge >= 0.3 is 0 Å². The topological polar surface area (TPSA) is 58.0 Å². The first-order valence-electron chi connectivity index (χ1n) is 7.76. The van der Waals surface area contributed by atoms with Crippen molar-refractivity contribution in [2.45, 2.75) is 18.4 Å². The first-order chi connectivity index (χ1) is 11.3. The molecule has 1 heterocycles. The molecular weight excluding hydrogens is 293 g/mol. The number of nitrogens with zero attached hydrogens (tertiary/aromatic N) is 3. The maximum Gasteiger partial charge on any atom is 0.123 e. The van der Waals surface area contributed by atoms with E-state index in [0.717, 1.165) is 17.5 Å². The largest absolute Gasteiger partial charge is 0.373 e. The minimum Gasteiger partial charge on any atom is -0.373 e. The lowest BCUT2D eigenvalue weighted by Gasteiger charge is -2.23. The molecule has 1 aliphatic carbocycles. The van der Waals surface area contributed by atoms with E-state index in [2.05, 4.69) is 22.2 Å². The molecule has 0 N–H and O–H groups in total. The predicted molar refractivity (Wildman–Crippen MR) is 84.6 cm³/mol. The van der Waals surface area contributed by atoms with Crippen molar-refractivity contribution in [3.63, 3.8) is 0 Å². The quantitative estimate of drug-likeness (QED) is 0.457. The Morgan fingerprint density at radius 2 is 2.00 bits per heavy atom. The van der Waals surface area contributed by atoms with E-state index in [9.17, 15) is 4.39 Å². The second-order valence-electron chi connectivity index (χ2n) is 6.17. The van der Waals surface area contributed by atoms with Crippen LogP contribution in [0.5, 0.6) is 0 Å². The Hall–Kier alpha value is -2.36. The molecule has 1 saturated heterocycles. The third-order valence-corrected chi connectivity index (χ3v) is 4.91. The van der Waals surface area contributed by atoms with E-state index in [-0.39, 0.29) is 23.8 Å². The second kappa shape index (κ2) is 5.69. The highest BCUT2D eigenvalue weighted by Gasteiger charge is 2.42. The third-order valence-electron chi connectivity index (χ3n) is 4.91. The van der Waals surface area contributed by atoms with Crippen LogP contribution >= 0.6 is 0 Å². The van der Waals surface area contributed by atoms with Crippen LogP contribution in [0.25, 0.3) is 10.4 Å². The molecule has 0 saturated carbocycles. The summed E-state index contributed by atoms with van der Waals surface area (Å²) in [5, 5.41) is 3.75. The zero-order chi connectivity index (χ0) is 15.8. The molecule has 1 fully saturated rings. The van der Waals surface area contributed by atoms with Crippen LogP contribution < -0.4 is 0 Å². The molecule has 116 valence electrons. The van der Waals surface area contributed by atoms with E-state index in [1.807, 2.05) is 18.2 Å². The lowest BCUT2D eigenvalue weighted by atomic mass is 9.81. The fourth-order valence-corrected chi connectivity index (χ4v) is 3.91. The maximum atomic E-state index is 13.8. The molecule has 4 rings (SSSR count). The van der Waals surface area contributed by atoms with Gasteiger partial charge in [0.25, 0.3) is 0 Å². The van der Waals surface area contributed by atoms with Crippen LogP contribution in [-0.2, 0) is 11.2 Å². The highest BCUT2D eigenvalue weighted by Crippen LogP contribution is 2.49. The van der Waals surface area contributed by atoms with Crippen molar-refractivity contribution in [1.82, 2.24) is 0 Å². The van der Waals surface area contributed by atoms with Gasteiger partial charge in [-0.15, -0.1) is 0 Å². The highest BCUT2D eigenvalue weighted by molar-refractivity contribution is 5.45. The Morgan fingerprint density at radius 1 is 1.17 bits per heavy atom. The van der Waals surface area contributed by atoms with Gasteiger partial charge < -0.3 is 4.74 Å². The normalized spacial score (nSPS) is 24.8. The molecule has 0 radical (unpaired) electrons. The average molecular weight is 309 g/mol. The molecule has 3 atom stereocenters. The van der Waals surface area contributed by atoms with E-state index in [4.69, 9.17) is 10.3 Å². The van der Waals surface area contributed by atoms with Gasteiger partial charge in [0.1, 0.15) is 5.82 Å². The Labute approximate surface area is 133 Å². The minimum atomic E-state index is -0.240. The fraction of sp³-hybridized carbons (Fsp3) is 0.333. The number of fused-ring (bicyclic) bond motifs is 5. The lowest BCUT2D eigenvalue weighted by Crippen LogP contribution is -2.16. The molecule has 23 heavy (non-hydrogen) atoms. The molecule has 5 heteroatoms. The van der Waals surface area contributed by atoms with Gasteiger partial charge in [0.15, 0.2) is 0 Å². The van der Waals surface area contributed by atoms with Gasteiger partial charge in [-0.1, -0.05) is 35.4 Å². The van der Waals surface area contributed by atoms with Crippen molar-refractivity contribution in [2.24, 2.45) is 11.0 Å². The summed E-state index contributed by atoms with van der Waals surface area (Å²) < 4.78 is 19.8. The van der Waals surface area contributed by atoms with Gasteiger partial charge in [0.2, 0.25) is 0 Å². The van der Waals surface area contributed by atoms with Crippen molar-refractivity contribution in [1.29, 1.82) is 0 Å². The number of ether oxygens (including phenoxy) is 1. The van der Waals surface area contributed by atoms with Gasteiger partial charge in [0, 0.05) is 17.4 Å². The second-order valence-corrected chi connectivity index (χ2v) is 6.17. The summed E-state index contributed by atoms with van der Waals surface area (Å²) in [6.45, 7) is 0.926. The molecule has 0 spiro atoms. The highest BCUT2D eigenvalue weighted by atomic mass is 19.1. The summed E-state index contributed by atoms with van der Waals surface area (Å²) >= 11 is 0. The van der Waals surface area contributed by atoms with E-state index >= 15 is 0 Å². The van der Waals surface area contributed by atoms with Crippen molar-refractivity contribution >= 4 is 0 Å². The van der Waals surface area contributed by atoms with Crippen LogP contribution in [0.2, 0.25) is 0 Å². The standard InChI is InChI=1S/C18H16FN3O/c19-14-6-5-12-7-11-3-1-2-4-15(11)17-13(9-21-22-20)10-23-18(17)16(12)8-14/h1-6,8,13,17-18H,7,9-10H2/t13?,17-,18-/m1/s1. The molecule has 2 aromatic rings. The molecule has 2 aliphatic rings. The molecule has 1 aliphatic heterocycles. The molecule has 0 bridgehead atoms. The number of hydrogen-bond acceptors (Lipinski definition) is 2. The fourth-order valence-electron chi connectivity index (χ4n) is 3.91. The molecule has 2 aromatic carbocycles. The lowest BCUT2D eigenvalue weighted by molar-refractivity contribution is 0.101. The summed E-state index contributed by atoms with van der Waals surface area (Å²) in [6, 6.07) is 13.2. The van der Waals surface area contributed by atoms with E-state index < -0.39 is 0 Å². The number of azide groups is 1. The van der Waals surface area contributed by atoms with Crippen LogP contribution in [-0.4, -0.2) is 13.2 Å². The molecule has 1 unspecified atom stereocenters. The Bertz CT molecular complexity index is 801. The first-order valence-corrected chi connectivity index (χ1v) is 7.76. The van der Waals surface area contributed by atoms with E-state index in [1.54, 1.807) is 6.07 Å². The van der Waals surface area contributed by atoms with Crippen LogP contribution in [0.3, 0.4) is 0 Å². The van der Waals surface area contributed by atoms with Crippen molar-refractivity contribution in [2.75, 3.05) is 13.2 Å². The summed E-state index contributed by atoms with van der Waals surface area (Å²) in [5.74, 6) is -0.0263. The minimum absolute atomic E-state index is 0.0970. The maximum absolute atomic E-state index is 13.8. The van der Waals surface area contributed by atoms with Crippen LogP contribution in [0.1, 0.15) is 34.3 Å². The summed E-state index contributed by atoms with van der Waals surface area (Å²) in [6.07, 6.45) is 0.597.